The van der Waals surface area contributed by atoms with Gasteiger partial charge in [0, 0.05) is 12.1 Å². The Morgan fingerprint density at radius 1 is 1.15 bits per heavy atom. The summed E-state index contributed by atoms with van der Waals surface area (Å²) < 4.78 is 16.2. The number of ether oxygens (including phenoxy) is 2. The molecule has 0 spiro atoms. The Balaban J connectivity index is 1.81. The number of furan rings is 1. The van der Waals surface area contributed by atoms with Gasteiger partial charge in [0.15, 0.2) is 0 Å². The molecule has 0 aliphatic heterocycles. The molecule has 0 amide bonds. The summed E-state index contributed by atoms with van der Waals surface area (Å²) >= 11 is 0. The van der Waals surface area contributed by atoms with Crippen molar-refractivity contribution in [2.45, 2.75) is 26.5 Å². The zero-order valence-electron chi connectivity index (χ0n) is 12.0. The first-order chi connectivity index (χ1) is 9.81. The van der Waals surface area contributed by atoms with Crippen molar-refractivity contribution in [2.24, 2.45) is 0 Å². The molecule has 2 aromatic rings. The standard InChI is InChI=1S/C16H21NO3/c1-3-8-17-10-13-9-16(19-11-13)12-20-15-6-4-14(18-2)5-7-15/h4-7,9,11,17H,3,8,10,12H2,1-2H3. The van der Waals surface area contributed by atoms with E-state index in [1.807, 2.05) is 30.3 Å². The van der Waals surface area contributed by atoms with Crippen LogP contribution in [0.15, 0.2) is 41.0 Å². The molecule has 4 nitrogen and oxygen atoms in total. The molecular weight excluding hydrogens is 254 g/mol. The van der Waals surface area contributed by atoms with Crippen molar-refractivity contribution in [3.8, 4) is 11.5 Å². The molecule has 1 aromatic carbocycles. The summed E-state index contributed by atoms with van der Waals surface area (Å²) in [5.74, 6) is 2.45. The normalized spacial score (nSPS) is 10.5. The van der Waals surface area contributed by atoms with Crippen molar-refractivity contribution in [1.82, 2.24) is 5.32 Å². The molecule has 108 valence electrons. The zero-order chi connectivity index (χ0) is 14.2. The molecule has 0 aliphatic carbocycles. The van der Waals surface area contributed by atoms with E-state index >= 15 is 0 Å². The highest BCUT2D eigenvalue weighted by Gasteiger charge is 2.03. The number of benzene rings is 1. The first-order valence-corrected chi connectivity index (χ1v) is 6.85. The van der Waals surface area contributed by atoms with Crippen molar-refractivity contribution < 1.29 is 13.9 Å². The van der Waals surface area contributed by atoms with Crippen LogP contribution in [0, 0.1) is 0 Å². The van der Waals surface area contributed by atoms with Gasteiger partial charge in [0.05, 0.1) is 13.4 Å². The Labute approximate surface area is 119 Å². The maximum atomic E-state index is 5.66. The maximum absolute atomic E-state index is 5.66. The number of nitrogens with one attached hydrogen (secondary N) is 1. The van der Waals surface area contributed by atoms with Gasteiger partial charge in [-0.15, -0.1) is 0 Å². The second-order valence-corrected chi connectivity index (χ2v) is 4.56. The molecule has 0 radical (unpaired) electrons. The highest BCUT2D eigenvalue weighted by atomic mass is 16.5. The third kappa shape index (κ3) is 4.31. The van der Waals surface area contributed by atoms with Crippen LogP contribution in [0.5, 0.6) is 11.5 Å². The monoisotopic (exact) mass is 275 g/mol. The fraction of sp³-hybridized carbons (Fsp3) is 0.375. The molecule has 0 saturated carbocycles. The van der Waals surface area contributed by atoms with E-state index in [1.165, 1.54) is 0 Å². The number of hydrogen-bond donors (Lipinski definition) is 1. The van der Waals surface area contributed by atoms with Crippen molar-refractivity contribution in [1.29, 1.82) is 0 Å². The van der Waals surface area contributed by atoms with Crippen molar-refractivity contribution in [2.75, 3.05) is 13.7 Å². The summed E-state index contributed by atoms with van der Waals surface area (Å²) in [6.45, 7) is 4.43. The maximum Gasteiger partial charge on any atom is 0.146 e. The molecule has 0 fully saturated rings. The van der Waals surface area contributed by atoms with Crippen LogP contribution >= 0.6 is 0 Å². The number of methoxy groups -OCH3 is 1. The van der Waals surface area contributed by atoms with Gasteiger partial charge in [-0.05, 0) is 43.3 Å². The summed E-state index contributed by atoms with van der Waals surface area (Å²) in [5.41, 5.74) is 1.15. The van der Waals surface area contributed by atoms with E-state index in [1.54, 1.807) is 13.4 Å². The van der Waals surface area contributed by atoms with Gasteiger partial charge in [-0.1, -0.05) is 6.92 Å². The molecule has 20 heavy (non-hydrogen) atoms. The fourth-order valence-electron chi connectivity index (χ4n) is 1.83. The summed E-state index contributed by atoms with van der Waals surface area (Å²) in [4.78, 5) is 0. The minimum Gasteiger partial charge on any atom is -0.497 e. The van der Waals surface area contributed by atoms with Crippen LogP contribution in [0.4, 0.5) is 0 Å². The lowest BCUT2D eigenvalue weighted by Gasteiger charge is -2.05. The number of hydrogen-bond acceptors (Lipinski definition) is 4. The van der Waals surface area contributed by atoms with Crippen molar-refractivity contribution >= 4 is 0 Å². The average Bonchev–Trinajstić information content (AvgIpc) is 2.94. The first kappa shape index (κ1) is 14.5. The first-order valence-electron chi connectivity index (χ1n) is 6.85. The van der Waals surface area contributed by atoms with E-state index in [4.69, 9.17) is 13.9 Å². The van der Waals surface area contributed by atoms with Gasteiger partial charge in [-0.3, -0.25) is 0 Å². The van der Waals surface area contributed by atoms with E-state index in [0.29, 0.717) is 6.61 Å². The van der Waals surface area contributed by atoms with Gasteiger partial charge in [-0.25, -0.2) is 0 Å². The molecule has 0 aliphatic rings. The molecular formula is C16H21NO3. The summed E-state index contributed by atoms with van der Waals surface area (Å²) in [5, 5.41) is 3.34. The number of rotatable bonds is 8. The van der Waals surface area contributed by atoms with Crippen LogP contribution in [-0.2, 0) is 13.2 Å². The third-order valence-electron chi connectivity index (χ3n) is 2.90. The largest absolute Gasteiger partial charge is 0.497 e. The van der Waals surface area contributed by atoms with Gasteiger partial charge in [0.1, 0.15) is 23.9 Å². The lowest BCUT2D eigenvalue weighted by atomic mass is 10.3. The smallest absolute Gasteiger partial charge is 0.146 e. The lowest BCUT2D eigenvalue weighted by molar-refractivity contribution is 0.270. The molecule has 2 rings (SSSR count). The molecule has 0 saturated heterocycles. The predicted molar refractivity (Wildman–Crippen MR) is 78.0 cm³/mol. The van der Waals surface area contributed by atoms with Gasteiger partial charge in [-0.2, -0.15) is 0 Å². The molecule has 1 N–H and O–H groups in total. The summed E-state index contributed by atoms with van der Waals surface area (Å²) in [7, 11) is 1.65. The highest BCUT2D eigenvalue weighted by Crippen LogP contribution is 2.18. The molecule has 0 unspecified atom stereocenters. The van der Waals surface area contributed by atoms with Gasteiger partial charge >= 0.3 is 0 Å². The molecule has 4 heteroatoms. The van der Waals surface area contributed by atoms with Gasteiger partial charge < -0.3 is 19.2 Å². The summed E-state index contributed by atoms with van der Waals surface area (Å²) in [6.07, 6.45) is 2.90. The van der Waals surface area contributed by atoms with Crippen LogP contribution in [0.25, 0.3) is 0 Å². The van der Waals surface area contributed by atoms with E-state index in [9.17, 15) is 0 Å². The predicted octanol–water partition coefficient (Wildman–Crippen LogP) is 3.37. The Morgan fingerprint density at radius 2 is 1.90 bits per heavy atom. The highest BCUT2D eigenvalue weighted by molar-refractivity contribution is 5.31. The molecule has 0 atom stereocenters. The van der Waals surface area contributed by atoms with E-state index in [-0.39, 0.29) is 0 Å². The van der Waals surface area contributed by atoms with E-state index < -0.39 is 0 Å². The Bertz CT molecular complexity index is 505. The molecule has 0 bridgehead atoms. The van der Waals surface area contributed by atoms with Gasteiger partial charge in [0.25, 0.3) is 0 Å². The van der Waals surface area contributed by atoms with E-state index in [2.05, 4.69) is 12.2 Å². The lowest BCUT2D eigenvalue weighted by Crippen LogP contribution is -2.13. The van der Waals surface area contributed by atoms with Crippen LogP contribution in [-0.4, -0.2) is 13.7 Å². The minimum atomic E-state index is 0.431. The van der Waals surface area contributed by atoms with Crippen LogP contribution in [0.1, 0.15) is 24.7 Å². The van der Waals surface area contributed by atoms with Crippen LogP contribution in [0.2, 0.25) is 0 Å². The van der Waals surface area contributed by atoms with Crippen molar-refractivity contribution in [3.63, 3.8) is 0 Å². The summed E-state index contributed by atoms with van der Waals surface area (Å²) in [6, 6.07) is 9.53. The quantitative estimate of drug-likeness (QED) is 0.750. The Kier molecular flexibility index (Phi) is 5.50. The topological polar surface area (TPSA) is 43.6 Å². The SMILES string of the molecule is CCCNCc1coc(COc2ccc(OC)cc2)c1. The van der Waals surface area contributed by atoms with Gasteiger partial charge in [0.2, 0.25) is 0 Å². The van der Waals surface area contributed by atoms with E-state index in [0.717, 1.165) is 42.3 Å². The Morgan fingerprint density at radius 3 is 2.60 bits per heavy atom. The second-order valence-electron chi connectivity index (χ2n) is 4.56. The van der Waals surface area contributed by atoms with Crippen LogP contribution in [0.3, 0.4) is 0 Å². The molecule has 1 heterocycles. The third-order valence-corrected chi connectivity index (χ3v) is 2.90. The minimum absolute atomic E-state index is 0.431. The second kappa shape index (κ2) is 7.60. The zero-order valence-corrected chi connectivity index (χ0v) is 12.0. The van der Waals surface area contributed by atoms with Crippen LogP contribution < -0.4 is 14.8 Å². The average molecular weight is 275 g/mol. The molecule has 1 aromatic heterocycles. The fourth-order valence-corrected chi connectivity index (χ4v) is 1.83. The Hall–Kier alpha value is -1.94. The van der Waals surface area contributed by atoms with Crippen molar-refractivity contribution in [3.05, 3.63) is 47.9 Å².